The summed E-state index contributed by atoms with van der Waals surface area (Å²) >= 11 is 0. The van der Waals surface area contributed by atoms with Crippen LogP contribution in [0.3, 0.4) is 0 Å². The van der Waals surface area contributed by atoms with Crippen LogP contribution in [0.25, 0.3) is 11.0 Å². The number of urea groups is 1. The number of hydrogen-bond acceptors (Lipinski definition) is 6. The van der Waals surface area contributed by atoms with Crippen molar-refractivity contribution >= 4 is 28.6 Å². The molecule has 4 N–H and O–H groups in total. The Labute approximate surface area is 175 Å². The van der Waals surface area contributed by atoms with Crippen molar-refractivity contribution in [2.24, 2.45) is 5.92 Å². The molecule has 0 unspecified atom stereocenters. The maximum atomic E-state index is 11.9. The van der Waals surface area contributed by atoms with E-state index in [9.17, 15) is 4.79 Å². The minimum absolute atomic E-state index is 0.280. The molecule has 0 saturated heterocycles. The van der Waals surface area contributed by atoms with Gasteiger partial charge in [0.1, 0.15) is 11.3 Å². The summed E-state index contributed by atoms with van der Waals surface area (Å²) in [6.45, 7) is 3.99. The topological polar surface area (TPSA) is 120 Å². The number of imidazole rings is 1. The van der Waals surface area contributed by atoms with Gasteiger partial charge in [0.05, 0.1) is 30.6 Å². The number of amides is 2. The number of aryl methyl sites for hydroxylation is 1. The monoisotopic (exact) mass is 409 g/mol. The molecule has 158 valence electrons. The Morgan fingerprint density at radius 1 is 1.33 bits per heavy atom. The van der Waals surface area contributed by atoms with Gasteiger partial charge in [-0.15, -0.1) is 0 Å². The maximum Gasteiger partial charge on any atom is 0.319 e. The molecular weight excluding hydrogens is 382 g/mol. The molecule has 3 aromatic heterocycles. The Morgan fingerprint density at radius 3 is 2.97 bits per heavy atom. The molecule has 1 aliphatic carbocycles. The summed E-state index contributed by atoms with van der Waals surface area (Å²) in [5.41, 5.74) is 9.40. The standard InChI is InChI=1S/C21H27N7O2/c1-14-11-17-19(20(22)25-14)27-18(12-15-4-5-15)28(17)8-10-30-9-7-24-21(29)26-16-3-2-6-23-13-16/h2-3,6,11,13,15H,4-5,7-10,12H2,1H3,(H2,22,25)(H2,24,26,29). The summed E-state index contributed by atoms with van der Waals surface area (Å²) in [5, 5.41) is 5.49. The summed E-state index contributed by atoms with van der Waals surface area (Å²) in [6.07, 6.45) is 6.74. The van der Waals surface area contributed by atoms with Crippen molar-refractivity contribution in [2.45, 2.75) is 32.7 Å². The number of aromatic nitrogens is 4. The summed E-state index contributed by atoms with van der Waals surface area (Å²) in [7, 11) is 0. The predicted molar refractivity (Wildman–Crippen MR) is 115 cm³/mol. The Balaban J connectivity index is 1.28. The van der Waals surface area contributed by atoms with E-state index in [1.165, 1.54) is 12.8 Å². The maximum absolute atomic E-state index is 11.9. The van der Waals surface area contributed by atoms with Crippen molar-refractivity contribution in [1.29, 1.82) is 0 Å². The average molecular weight is 409 g/mol. The van der Waals surface area contributed by atoms with Gasteiger partial charge in [0.2, 0.25) is 0 Å². The van der Waals surface area contributed by atoms with E-state index in [1.807, 2.05) is 13.0 Å². The van der Waals surface area contributed by atoms with Crippen LogP contribution < -0.4 is 16.4 Å². The van der Waals surface area contributed by atoms with Gasteiger partial charge >= 0.3 is 6.03 Å². The van der Waals surface area contributed by atoms with Gasteiger partial charge in [0.25, 0.3) is 0 Å². The molecule has 0 atom stereocenters. The first kappa shape index (κ1) is 20.1. The second-order valence-corrected chi connectivity index (χ2v) is 7.58. The highest BCUT2D eigenvalue weighted by Crippen LogP contribution is 2.33. The van der Waals surface area contributed by atoms with E-state index in [2.05, 4.69) is 25.2 Å². The molecule has 9 nitrogen and oxygen atoms in total. The van der Waals surface area contributed by atoms with E-state index in [-0.39, 0.29) is 6.03 Å². The van der Waals surface area contributed by atoms with Gasteiger partial charge in [-0.25, -0.2) is 14.8 Å². The van der Waals surface area contributed by atoms with Crippen LogP contribution in [0.2, 0.25) is 0 Å². The van der Waals surface area contributed by atoms with Gasteiger partial charge in [-0.3, -0.25) is 4.98 Å². The lowest BCUT2D eigenvalue weighted by atomic mass is 10.3. The summed E-state index contributed by atoms with van der Waals surface area (Å²) in [6, 6.07) is 5.29. The van der Waals surface area contributed by atoms with Crippen LogP contribution in [0.15, 0.2) is 30.6 Å². The fourth-order valence-electron chi connectivity index (χ4n) is 3.41. The number of nitrogens with two attached hydrogens (primary N) is 1. The predicted octanol–water partition coefficient (Wildman–Crippen LogP) is 2.51. The van der Waals surface area contributed by atoms with Gasteiger partial charge < -0.3 is 25.7 Å². The third-order valence-corrected chi connectivity index (χ3v) is 5.05. The number of fused-ring (bicyclic) bond motifs is 1. The number of hydrogen-bond donors (Lipinski definition) is 3. The second-order valence-electron chi connectivity index (χ2n) is 7.58. The Morgan fingerprint density at radius 2 is 2.20 bits per heavy atom. The minimum atomic E-state index is -0.280. The van der Waals surface area contributed by atoms with Crippen LogP contribution in [-0.2, 0) is 17.7 Å². The Bertz CT molecular complexity index is 1020. The lowest BCUT2D eigenvalue weighted by molar-refractivity contribution is 0.129. The molecule has 30 heavy (non-hydrogen) atoms. The van der Waals surface area contributed by atoms with Crippen molar-refractivity contribution in [3.05, 3.63) is 42.1 Å². The SMILES string of the molecule is Cc1cc2c(nc(CC3CC3)n2CCOCCNC(=O)Nc2cccnc2)c(N)n1. The number of carbonyl (C=O) groups excluding carboxylic acids is 1. The smallest absolute Gasteiger partial charge is 0.319 e. The van der Waals surface area contributed by atoms with Crippen molar-refractivity contribution in [1.82, 2.24) is 24.8 Å². The highest BCUT2D eigenvalue weighted by atomic mass is 16.5. The van der Waals surface area contributed by atoms with E-state index in [4.69, 9.17) is 15.5 Å². The first-order chi connectivity index (χ1) is 14.6. The van der Waals surface area contributed by atoms with Crippen molar-refractivity contribution in [3.8, 4) is 0 Å². The molecule has 4 rings (SSSR count). The van der Waals surface area contributed by atoms with E-state index in [0.29, 0.717) is 37.8 Å². The fourth-order valence-corrected chi connectivity index (χ4v) is 3.41. The summed E-state index contributed by atoms with van der Waals surface area (Å²) in [4.78, 5) is 24.9. The molecule has 1 fully saturated rings. The molecule has 9 heteroatoms. The summed E-state index contributed by atoms with van der Waals surface area (Å²) in [5.74, 6) is 2.24. The molecule has 0 bridgehead atoms. The van der Waals surface area contributed by atoms with Crippen LogP contribution in [-0.4, -0.2) is 45.3 Å². The third kappa shape index (κ3) is 5.04. The molecule has 3 aromatic rings. The second kappa shape index (κ2) is 9.08. The van der Waals surface area contributed by atoms with Crippen LogP contribution in [0, 0.1) is 12.8 Å². The highest BCUT2D eigenvalue weighted by molar-refractivity contribution is 5.89. The minimum Gasteiger partial charge on any atom is -0.382 e. The molecule has 1 aliphatic rings. The van der Waals surface area contributed by atoms with Gasteiger partial charge in [-0.2, -0.15) is 0 Å². The van der Waals surface area contributed by atoms with E-state index in [0.717, 1.165) is 34.9 Å². The molecule has 3 heterocycles. The zero-order valence-electron chi connectivity index (χ0n) is 17.1. The lowest BCUT2D eigenvalue weighted by Crippen LogP contribution is -2.31. The van der Waals surface area contributed by atoms with Gasteiger partial charge in [-0.1, -0.05) is 0 Å². The number of nitrogens with zero attached hydrogens (tertiary/aromatic N) is 4. The summed E-state index contributed by atoms with van der Waals surface area (Å²) < 4.78 is 7.94. The Hall–Kier alpha value is -3.20. The number of carbonyl (C=O) groups is 1. The number of nitrogens with one attached hydrogen (secondary N) is 2. The zero-order chi connectivity index (χ0) is 20.9. The third-order valence-electron chi connectivity index (χ3n) is 5.05. The Kier molecular flexibility index (Phi) is 6.08. The van der Waals surface area contributed by atoms with Crippen LogP contribution in [0.1, 0.15) is 24.4 Å². The molecule has 0 aromatic carbocycles. The average Bonchev–Trinajstić information content (AvgIpc) is 3.47. The molecule has 2 amide bonds. The first-order valence-corrected chi connectivity index (χ1v) is 10.2. The van der Waals surface area contributed by atoms with E-state index >= 15 is 0 Å². The first-order valence-electron chi connectivity index (χ1n) is 10.2. The van der Waals surface area contributed by atoms with Crippen LogP contribution >= 0.6 is 0 Å². The molecular formula is C21H27N7O2. The van der Waals surface area contributed by atoms with Gasteiger partial charge in [0.15, 0.2) is 5.82 Å². The fraction of sp³-hybridized carbons (Fsp3) is 0.429. The number of rotatable bonds is 9. The molecule has 0 radical (unpaired) electrons. The lowest BCUT2D eigenvalue weighted by Gasteiger charge is -2.11. The number of nitrogen functional groups attached to an aromatic ring is 1. The zero-order valence-corrected chi connectivity index (χ0v) is 17.1. The van der Waals surface area contributed by atoms with Crippen LogP contribution in [0.4, 0.5) is 16.3 Å². The highest BCUT2D eigenvalue weighted by Gasteiger charge is 2.25. The largest absolute Gasteiger partial charge is 0.382 e. The molecule has 1 saturated carbocycles. The number of pyridine rings is 2. The number of anilines is 2. The van der Waals surface area contributed by atoms with Gasteiger partial charge in [0, 0.05) is 31.4 Å². The van der Waals surface area contributed by atoms with Crippen molar-refractivity contribution in [2.75, 3.05) is 30.8 Å². The van der Waals surface area contributed by atoms with E-state index in [1.54, 1.807) is 24.5 Å². The van der Waals surface area contributed by atoms with Gasteiger partial charge in [-0.05, 0) is 43.9 Å². The molecule has 0 spiro atoms. The van der Waals surface area contributed by atoms with E-state index < -0.39 is 0 Å². The molecule has 0 aliphatic heterocycles. The van der Waals surface area contributed by atoms with Crippen molar-refractivity contribution in [3.63, 3.8) is 0 Å². The normalized spacial score (nSPS) is 13.5. The van der Waals surface area contributed by atoms with Crippen molar-refractivity contribution < 1.29 is 9.53 Å². The number of ether oxygens (including phenoxy) is 1. The van der Waals surface area contributed by atoms with Crippen LogP contribution in [0.5, 0.6) is 0 Å². The quantitative estimate of drug-likeness (QED) is 0.467.